The molecule has 1 aliphatic carbocycles. The van der Waals surface area contributed by atoms with Gasteiger partial charge in [0, 0.05) is 42.6 Å². The Hall–Kier alpha value is -2.46. The summed E-state index contributed by atoms with van der Waals surface area (Å²) in [5.74, 6) is 0.456. The molecule has 0 radical (unpaired) electrons. The van der Waals surface area contributed by atoms with E-state index in [4.69, 9.17) is 4.74 Å². The quantitative estimate of drug-likeness (QED) is 0.564. The molecule has 4 atom stereocenters. The molecule has 10 heteroatoms. The van der Waals surface area contributed by atoms with Crippen molar-refractivity contribution in [3.63, 3.8) is 0 Å². The van der Waals surface area contributed by atoms with Crippen molar-refractivity contribution < 1.29 is 22.7 Å². The molecule has 2 heterocycles. The van der Waals surface area contributed by atoms with Gasteiger partial charge in [-0.3, -0.25) is 4.79 Å². The Morgan fingerprint density at radius 1 is 1.22 bits per heavy atom. The van der Waals surface area contributed by atoms with Gasteiger partial charge in [0.15, 0.2) is 0 Å². The summed E-state index contributed by atoms with van der Waals surface area (Å²) in [6.45, 7) is 8.21. The molecule has 2 fully saturated rings. The number of ether oxygens (including phenoxy) is 1. The van der Waals surface area contributed by atoms with Crippen LogP contribution >= 0.6 is 0 Å². The fraction of sp³-hybridized carbons (Fsp3) is 0.654. The molecule has 7 nitrogen and oxygen atoms in total. The van der Waals surface area contributed by atoms with Crippen LogP contribution in [0.25, 0.3) is 10.9 Å². The first-order valence-corrected chi connectivity index (χ1v) is 12.8. The summed E-state index contributed by atoms with van der Waals surface area (Å²) in [5.41, 5.74) is -0.374. The van der Waals surface area contributed by atoms with Crippen LogP contribution < -0.4 is 5.32 Å². The highest BCUT2D eigenvalue weighted by molar-refractivity contribution is 5.93. The number of hydrogen-bond donors (Lipinski definition) is 1. The number of halogens is 3. The number of carbonyl (C=O) groups excluding carboxylic acids is 1. The third-order valence-electron chi connectivity index (χ3n) is 7.75. The summed E-state index contributed by atoms with van der Waals surface area (Å²) in [6, 6.07) is 3.83. The van der Waals surface area contributed by atoms with Crippen molar-refractivity contribution in [1.82, 2.24) is 19.8 Å². The fourth-order valence-electron chi connectivity index (χ4n) is 5.55. The van der Waals surface area contributed by atoms with Crippen molar-refractivity contribution in [1.29, 1.82) is 0 Å². The van der Waals surface area contributed by atoms with Crippen molar-refractivity contribution in [2.24, 2.45) is 5.92 Å². The number of rotatable bonds is 8. The van der Waals surface area contributed by atoms with Crippen LogP contribution in [0.4, 0.5) is 19.0 Å². The smallest absolute Gasteiger partial charge is 0.381 e. The van der Waals surface area contributed by atoms with E-state index in [9.17, 15) is 18.0 Å². The number of likely N-dealkylation sites (tertiary alicyclic amines) is 1. The number of nitrogens with zero attached hydrogens (tertiary/aromatic N) is 4. The van der Waals surface area contributed by atoms with Gasteiger partial charge in [0.1, 0.15) is 18.2 Å². The van der Waals surface area contributed by atoms with Gasteiger partial charge in [-0.2, -0.15) is 13.2 Å². The molecule has 36 heavy (non-hydrogen) atoms. The topological polar surface area (TPSA) is 70.6 Å². The number of hydrogen-bond acceptors (Lipinski definition) is 6. The van der Waals surface area contributed by atoms with E-state index in [0.717, 1.165) is 31.4 Å². The molecule has 1 aliphatic heterocycles. The highest BCUT2D eigenvalue weighted by atomic mass is 19.4. The van der Waals surface area contributed by atoms with Gasteiger partial charge in [-0.1, -0.05) is 0 Å². The van der Waals surface area contributed by atoms with Crippen molar-refractivity contribution in [3.8, 4) is 0 Å². The highest BCUT2D eigenvalue weighted by Gasteiger charge is 2.42. The zero-order valence-corrected chi connectivity index (χ0v) is 21.4. The first-order valence-electron chi connectivity index (χ1n) is 12.8. The Morgan fingerprint density at radius 3 is 2.69 bits per heavy atom. The maximum atomic E-state index is 13.5. The van der Waals surface area contributed by atoms with Gasteiger partial charge < -0.3 is 19.9 Å². The summed E-state index contributed by atoms with van der Waals surface area (Å²) >= 11 is 0. The van der Waals surface area contributed by atoms with E-state index in [2.05, 4.69) is 41.1 Å². The molecule has 1 amide bonds. The van der Waals surface area contributed by atoms with Crippen LogP contribution in [0.5, 0.6) is 0 Å². The van der Waals surface area contributed by atoms with E-state index in [1.165, 1.54) is 12.4 Å². The molecule has 2 aromatic rings. The van der Waals surface area contributed by atoms with Crippen molar-refractivity contribution in [2.75, 3.05) is 32.1 Å². The average molecular weight is 508 g/mol. The summed E-state index contributed by atoms with van der Waals surface area (Å²) in [5, 5.41) is 3.39. The lowest BCUT2D eigenvalue weighted by molar-refractivity contribution is -0.137. The molecule has 1 saturated carbocycles. The van der Waals surface area contributed by atoms with Crippen LogP contribution in [0.2, 0.25) is 0 Å². The number of aromatic nitrogens is 2. The molecule has 0 spiro atoms. The van der Waals surface area contributed by atoms with Crippen LogP contribution in [0.1, 0.15) is 52.0 Å². The second kappa shape index (κ2) is 10.9. The molecule has 4 rings (SSSR count). The van der Waals surface area contributed by atoms with Gasteiger partial charge >= 0.3 is 6.18 Å². The Balaban J connectivity index is 1.51. The molecule has 1 aromatic carbocycles. The van der Waals surface area contributed by atoms with Gasteiger partial charge in [-0.15, -0.1) is 0 Å². The van der Waals surface area contributed by atoms with E-state index in [0.29, 0.717) is 43.8 Å². The zero-order valence-electron chi connectivity index (χ0n) is 21.4. The van der Waals surface area contributed by atoms with E-state index in [1.807, 2.05) is 11.8 Å². The molecule has 198 valence electrons. The Labute approximate surface area is 210 Å². The Kier molecular flexibility index (Phi) is 8.04. The standard InChI is InChI=1S/C26H36F3N5O2/c1-5-36-14-17-12-19(33(4)16(2)3)7-9-23(17)34-11-10-22(25(34)35)32-24-20-13-18(26(27,28)29)6-8-21(20)30-15-31-24/h6,8,13,15-17,19,22-23H,5,7,9-12,14H2,1-4H3,(H,30,31,32)/t17-,19-,22+,23+/m1/s1. The second-order valence-corrected chi connectivity index (χ2v) is 10.2. The minimum absolute atomic E-state index is 0.0316. The van der Waals surface area contributed by atoms with Gasteiger partial charge in [0.25, 0.3) is 0 Å². The van der Waals surface area contributed by atoms with Crippen LogP contribution in [-0.4, -0.2) is 76.6 Å². The van der Waals surface area contributed by atoms with Crippen molar-refractivity contribution in [2.45, 2.75) is 76.8 Å². The Bertz CT molecular complexity index is 1060. The van der Waals surface area contributed by atoms with Gasteiger partial charge in [0.05, 0.1) is 17.7 Å². The molecule has 1 aromatic heterocycles. The predicted molar refractivity (Wildman–Crippen MR) is 133 cm³/mol. The van der Waals surface area contributed by atoms with E-state index in [1.54, 1.807) is 0 Å². The molecular weight excluding hydrogens is 471 g/mol. The summed E-state index contributed by atoms with van der Waals surface area (Å²) in [7, 11) is 2.16. The number of anilines is 1. The van der Waals surface area contributed by atoms with E-state index in [-0.39, 0.29) is 29.1 Å². The number of fused-ring (bicyclic) bond motifs is 1. The first-order chi connectivity index (χ1) is 17.1. The molecule has 1 N–H and O–H groups in total. The number of benzene rings is 1. The molecule has 2 aliphatic rings. The Morgan fingerprint density at radius 2 is 2.00 bits per heavy atom. The average Bonchev–Trinajstić information content (AvgIpc) is 3.21. The third-order valence-corrected chi connectivity index (χ3v) is 7.75. The lowest BCUT2D eigenvalue weighted by Gasteiger charge is -2.44. The van der Waals surface area contributed by atoms with Gasteiger partial charge in [0.2, 0.25) is 5.91 Å². The van der Waals surface area contributed by atoms with Crippen LogP contribution in [-0.2, 0) is 15.7 Å². The van der Waals surface area contributed by atoms with Crippen LogP contribution in [0.15, 0.2) is 24.5 Å². The van der Waals surface area contributed by atoms with Crippen LogP contribution in [0, 0.1) is 5.92 Å². The molecule has 1 saturated heterocycles. The number of alkyl halides is 3. The number of amides is 1. The molecule has 0 bridgehead atoms. The van der Waals surface area contributed by atoms with Gasteiger partial charge in [-0.25, -0.2) is 9.97 Å². The van der Waals surface area contributed by atoms with E-state index >= 15 is 0 Å². The minimum atomic E-state index is -4.47. The maximum Gasteiger partial charge on any atom is 0.416 e. The minimum Gasteiger partial charge on any atom is -0.381 e. The number of carbonyl (C=O) groups is 1. The second-order valence-electron chi connectivity index (χ2n) is 10.2. The number of nitrogens with one attached hydrogen (secondary N) is 1. The fourth-order valence-corrected chi connectivity index (χ4v) is 5.55. The van der Waals surface area contributed by atoms with E-state index < -0.39 is 17.8 Å². The predicted octanol–water partition coefficient (Wildman–Crippen LogP) is 4.58. The highest BCUT2D eigenvalue weighted by Crippen LogP contribution is 2.36. The SMILES string of the molecule is CCOC[C@H]1C[C@H](N(C)C(C)C)CC[C@@H]1N1CC[C@H](Nc2ncnc3ccc(C(F)(F)F)cc23)C1=O. The summed E-state index contributed by atoms with van der Waals surface area (Å²) in [6.07, 6.45) is 0.289. The lowest BCUT2D eigenvalue weighted by atomic mass is 9.80. The van der Waals surface area contributed by atoms with Crippen molar-refractivity contribution >= 4 is 22.6 Å². The van der Waals surface area contributed by atoms with Gasteiger partial charge in [-0.05, 0) is 71.7 Å². The largest absolute Gasteiger partial charge is 0.416 e. The third kappa shape index (κ3) is 5.59. The molecule has 0 unspecified atom stereocenters. The molecular formula is C26H36F3N5O2. The lowest BCUT2D eigenvalue weighted by Crippen LogP contribution is -2.52. The monoisotopic (exact) mass is 507 g/mol. The first kappa shape index (κ1) is 26.6. The summed E-state index contributed by atoms with van der Waals surface area (Å²) in [4.78, 5) is 26.1. The normalized spacial score (nSPS) is 25.4. The van der Waals surface area contributed by atoms with Crippen molar-refractivity contribution in [3.05, 3.63) is 30.1 Å². The van der Waals surface area contributed by atoms with Crippen LogP contribution in [0.3, 0.4) is 0 Å². The summed E-state index contributed by atoms with van der Waals surface area (Å²) < 4.78 is 45.7. The maximum absolute atomic E-state index is 13.5. The zero-order chi connectivity index (χ0) is 26.0.